The van der Waals surface area contributed by atoms with Gasteiger partial charge in [-0.05, 0) is 65.6 Å². The fourth-order valence-electron chi connectivity index (χ4n) is 5.21. The van der Waals surface area contributed by atoms with E-state index in [-0.39, 0.29) is 49.2 Å². The maximum absolute atomic E-state index is 13.9. The quantitative estimate of drug-likeness (QED) is 0.181. The molecule has 3 aromatic carbocycles. The third-order valence-electron chi connectivity index (χ3n) is 7.61. The number of hydrogen-bond acceptors (Lipinski definition) is 6. The van der Waals surface area contributed by atoms with Gasteiger partial charge in [-0.15, -0.1) is 0 Å². The number of carbonyl (C=O) groups excluding carboxylic acids is 2. The average molecular weight is 669 g/mol. The Kier molecular flexibility index (Phi) is 13.6. The number of sulfonamides is 1. The smallest absolute Gasteiger partial charge is 0.243 e. The molecule has 9 nitrogen and oxygen atoms in total. The molecule has 0 aliphatic rings. The molecule has 3 aromatic rings. The van der Waals surface area contributed by atoms with Gasteiger partial charge in [0.2, 0.25) is 21.8 Å². The van der Waals surface area contributed by atoms with Crippen LogP contribution in [-0.2, 0) is 32.6 Å². The van der Waals surface area contributed by atoms with Crippen LogP contribution < -0.4 is 16.0 Å². The predicted molar refractivity (Wildman–Crippen MR) is 182 cm³/mol. The molecule has 0 saturated carbocycles. The zero-order valence-electron chi connectivity index (χ0n) is 28.2. The van der Waals surface area contributed by atoms with Crippen molar-refractivity contribution in [2.75, 3.05) is 19.6 Å². The summed E-state index contributed by atoms with van der Waals surface area (Å²) in [5, 5.41) is 20.3. The van der Waals surface area contributed by atoms with Crippen molar-refractivity contribution in [3.05, 3.63) is 101 Å². The van der Waals surface area contributed by atoms with Crippen LogP contribution in [0.25, 0.3) is 0 Å². The lowest BCUT2D eigenvalue weighted by atomic mass is 9.85. The minimum absolute atomic E-state index is 0.0287. The van der Waals surface area contributed by atoms with Crippen molar-refractivity contribution in [3.63, 3.8) is 0 Å². The van der Waals surface area contributed by atoms with E-state index in [4.69, 9.17) is 0 Å². The van der Waals surface area contributed by atoms with Crippen LogP contribution in [0, 0.1) is 24.1 Å². The molecule has 11 heteroatoms. The van der Waals surface area contributed by atoms with Crippen molar-refractivity contribution in [1.82, 2.24) is 20.3 Å². The SMILES string of the molecule is Cc1cccc(S(=O)(=O)N(CC(C)C)C[C@@H](O)[C@H](Cc2ccccc2)NC(=O)[C@@H](NC(=O)CNCc2cccc(F)c2)C(C)(C)C)c1. The molecule has 3 rings (SSSR count). The van der Waals surface area contributed by atoms with Gasteiger partial charge in [0.1, 0.15) is 11.9 Å². The summed E-state index contributed by atoms with van der Waals surface area (Å²) in [6, 6.07) is 20.1. The first-order valence-electron chi connectivity index (χ1n) is 15.9. The number of aliphatic hydroxyl groups excluding tert-OH is 1. The van der Waals surface area contributed by atoms with Crippen molar-refractivity contribution in [2.24, 2.45) is 11.3 Å². The number of amides is 2. The van der Waals surface area contributed by atoms with Crippen LogP contribution in [0.4, 0.5) is 4.39 Å². The fraction of sp³-hybridized carbons (Fsp3) is 0.444. The summed E-state index contributed by atoms with van der Waals surface area (Å²) >= 11 is 0. The molecule has 3 atom stereocenters. The largest absolute Gasteiger partial charge is 0.390 e. The number of carbonyl (C=O) groups is 2. The van der Waals surface area contributed by atoms with Crippen molar-refractivity contribution in [3.8, 4) is 0 Å². The van der Waals surface area contributed by atoms with E-state index in [1.165, 1.54) is 22.5 Å². The van der Waals surface area contributed by atoms with E-state index in [1.54, 1.807) is 24.3 Å². The van der Waals surface area contributed by atoms with Crippen molar-refractivity contribution >= 4 is 21.8 Å². The van der Waals surface area contributed by atoms with E-state index in [1.807, 2.05) is 77.9 Å². The summed E-state index contributed by atoms with van der Waals surface area (Å²) in [4.78, 5) is 26.9. The second-order valence-corrected chi connectivity index (χ2v) is 15.4. The lowest BCUT2D eigenvalue weighted by Crippen LogP contribution is -2.59. The average Bonchev–Trinajstić information content (AvgIpc) is 2.99. The summed E-state index contributed by atoms with van der Waals surface area (Å²) in [5.74, 6) is -1.33. The van der Waals surface area contributed by atoms with Crippen LogP contribution in [0.5, 0.6) is 0 Å². The number of benzene rings is 3. The van der Waals surface area contributed by atoms with E-state index in [9.17, 15) is 27.5 Å². The monoisotopic (exact) mass is 668 g/mol. The topological polar surface area (TPSA) is 128 Å². The Morgan fingerprint density at radius 1 is 0.894 bits per heavy atom. The van der Waals surface area contributed by atoms with Gasteiger partial charge in [0.05, 0.1) is 23.6 Å². The Hall–Kier alpha value is -3.64. The van der Waals surface area contributed by atoms with Gasteiger partial charge in [0.25, 0.3) is 0 Å². The second-order valence-electron chi connectivity index (χ2n) is 13.5. The summed E-state index contributed by atoms with van der Waals surface area (Å²) in [5.41, 5.74) is 1.61. The van der Waals surface area contributed by atoms with E-state index < -0.39 is 45.4 Å². The third kappa shape index (κ3) is 11.8. The molecule has 0 unspecified atom stereocenters. The number of rotatable bonds is 16. The number of hydrogen-bond donors (Lipinski definition) is 4. The van der Waals surface area contributed by atoms with E-state index in [0.29, 0.717) is 5.56 Å². The molecule has 2 amide bonds. The Labute approximate surface area is 279 Å². The van der Waals surface area contributed by atoms with E-state index in [2.05, 4.69) is 16.0 Å². The molecule has 4 N–H and O–H groups in total. The highest BCUT2D eigenvalue weighted by Gasteiger charge is 2.36. The summed E-state index contributed by atoms with van der Waals surface area (Å²) in [6.07, 6.45) is -1.05. The van der Waals surface area contributed by atoms with Crippen LogP contribution in [0.2, 0.25) is 0 Å². The summed E-state index contributed by atoms with van der Waals surface area (Å²) in [6.45, 7) is 11.2. The molecular weight excluding hydrogens is 619 g/mol. The maximum Gasteiger partial charge on any atom is 0.243 e. The van der Waals surface area contributed by atoms with Gasteiger partial charge in [-0.3, -0.25) is 9.59 Å². The van der Waals surface area contributed by atoms with Crippen molar-refractivity contribution in [2.45, 2.75) is 77.6 Å². The lowest BCUT2D eigenvalue weighted by Gasteiger charge is -2.34. The number of nitrogens with one attached hydrogen (secondary N) is 3. The lowest BCUT2D eigenvalue weighted by molar-refractivity contribution is -0.132. The molecule has 0 saturated heterocycles. The van der Waals surface area contributed by atoms with Gasteiger partial charge in [-0.1, -0.05) is 89.2 Å². The Morgan fingerprint density at radius 3 is 2.17 bits per heavy atom. The number of nitrogens with zero attached hydrogens (tertiary/aromatic N) is 1. The van der Waals surface area contributed by atoms with Crippen LogP contribution in [0.1, 0.15) is 51.3 Å². The first kappa shape index (κ1) is 37.8. The maximum atomic E-state index is 13.9. The molecular formula is C36H49FN4O5S. The molecule has 0 spiro atoms. The molecule has 0 heterocycles. The molecule has 256 valence electrons. The van der Waals surface area contributed by atoms with Crippen LogP contribution in [-0.4, -0.2) is 67.5 Å². The van der Waals surface area contributed by atoms with E-state index >= 15 is 0 Å². The van der Waals surface area contributed by atoms with Crippen LogP contribution >= 0.6 is 0 Å². The van der Waals surface area contributed by atoms with Gasteiger partial charge < -0.3 is 21.1 Å². The Bertz CT molecular complexity index is 1580. The number of aryl methyl sites for hydroxylation is 1. The number of aliphatic hydroxyl groups is 1. The first-order chi connectivity index (χ1) is 22.1. The molecule has 0 aliphatic carbocycles. The van der Waals surface area contributed by atoms with E-state index in [0.717, 1.165) is 11.1 Å². The highest BCUT2D eigenvalue weighted by molar-refractivity contribution is 7.89. The molecule has 0 fully saturated rings. The minimum atomic E-state index is -3.96. The van der Waals surface area contributed by atoms with Gasteiger partial charge in [-0.2, -0.15) is 4.31 Å². The predicted octanol–water partition coefficient (Wildman–Crippen LogP) is 4.19. The standard InChI is InChI=1S/C36H49FN4O5S/c1-25(2)23-41(47(45,46)30-17-10-12-26(3)18-30)24-32(42)31(20-27-13-8-7-9-14-27)39-35(44)34(36(4,5)6)40-33(43)22-38-21-28-15-11-16-29(37)19-28/h7-19,25,31-32,34,38,42H,20-24H2,1-6H3,(H,39,44)(H,40,43)/t31-,32+,34+/m0/s1. The van der Waals surface area contributed by atoms with Crippen molar-refractivity contribution in [1.29, 1.82) is 0 Å². The van der Waals surface area contributed by atoms with Gasteiger partial charge in [0, 0.05) is 19.6 Å². The highest BCUT2D eigenvalue weighted by atomic mass is 32.2. The van der Waals surface area contributed by atoms with Gasteiger partial charge in [-0.25, -0.2) is 12.8 Å². The number of halogens is 1. The van der Waals surface area contributed by atoms with Gasteiger partial charge >= 0.3 is 0 Å². The normalized spacial score (nSPS) is 14.1. The third-order valence-corrected chi connectivity index (χ3v) is 9.44. The minimum Gasteiger partial charge on any atom is -0.390 e. The molecule has 47 heavy (non-hydrogen) atoms. The Balaban J connectivity index is 1.81. The first-order valence-corrected chi connectivity index (χ1v) is 17.3. The summed E-state index contributed by atoms with van der Waals surface area (Å²) < 4.78 is 42.3. The van der Waals surface area contributed by atoms with Crippen LogP contribution in [0.15, 0.2) is 83.8 Å². The van der Waals surface area contributed by atoms with Gasteiger partial charge in [0.15, 0.2) is 0 Å². The second kappa shape index (κ2) is 17.0. The molecule has 0 aliphatic heterocycles. The Morgan fingerprint density at radius 2 is 1.55 bits per heavy atom. The zero-order valence-corrected chi connectivity index (χ0v) is 29.0. The summed E-state index contributed by atoms with van der Waals surface area (Å²) in [7, 11) is -3.96. The van der Waals surface area contributed by atoms with Crippen LogP contribution in [0.3, 0.4) is 0 Å². The molecule has 0 radical (unpaired) electrons. The van der Waals surface area contributed by atoms with Crippen molar-refractivity contribution < 1.29 is 27.5 Å². The fourth-order valence-corrected chi connectivity index (χ4v) is 6.94. The highest BCUT2D eigenvalue weighted by Crippen LogP contribution is 2.22. The molecule has 0 aromatic heterocycles. The zero-order chi connectivity index (χ0) is 34.8. The molecule has 0 bridgehead atoms.